The second-order valence-corrected chi connectivity index (χ2v) is 4.66. The van der Waals surface area contributed by atoms with E-state index in [1.807, 2.05) is 19.0 Å². The molecule has 0 atom stereocenters. The van der Waals surface area contributed by atoms with Crippen molar-refractivity contribution in [3.05, 3.63) is 33.9 Å². The number of likely N-dealkylation sites (N-methyl/N-ethyl adjacent to an activating group) is 2. The van der Waals surface area contributed by atoms with Gasteiger partial charge in [0.05, 0.1) is 16.2 Å². The standard InChI is InChI=1S/C12H19N5O3/c1-15(2)6-7-16(3)12(18)10-8-9(17(19)20)4-5-11(10)14-13/h4-5,8,14H,6-7,13H2,1-3H3. The molecule has 0 aliphatic carbocycles. The number of hydrazine groups is 1. The number of carbonyl (C=O) groups excluding carboxylic acids is 1. The van der Waals surface area contributed by atoms with Crippen molar-refractivity contribution in [2.75, 3.05) is 39.7 Å². The second-order valence-electron chi connectivity index (χ2n) is 4.66. The van der Waals surface area contributed by atoms with Gasteiger partial charge < -0.3 is 15.2 Å². The van der Waals surface area contributed by atoms with Crippen molar-refractivity contribution in [3.63, 3.8) is 0 Å². The van der Waals surface area contributed by atoms with Gasteiger partial charge in [0.1, 0.15) is 0 Å². The molecule has 0 unspecified atom stereocenters. The summed E-state index contributed by atoms with van der Waals surface area (Å²) in [4.78, 5) is 26.0. The van der Waals surface area contributed by atoms with Gasteiger partial charge in [-0.3, -0.25) is 20.8 Å². The normalized spacial score (nSPS) is 10.4. The summed E-state index contributed by atoms with van der Waals surface area (Å²) in [5, 5.41) is 10.8. The van der Waals surface area contributed by atoms with Crippen LogP contribution >= 0.6 is 0 Å². The third-order valence-electron chi connectivity index (χ3n) is 2.83. The fourth-order valence-electron chi connectivity index (χ4n) is 1.61. The molecule has 0 fully saturated rings. The first-order valence-electron chi connectivity index (χ1n) is 6.02. The summed E-state index contributed by atoms with van der Waals surface area (Å²) in [5.74, 6) is 5.02. The monoisotopic (exact) mass is 281 g/mol. The predicted octanol–water partition coefficient (Wildman–Crippen LogP) is 0.514. The molecule has 0 saturated heterocycles. The van der Waals surface area contributed by atoms with Gasteiger partial charge >= 0.3 is 0 Å². The Morgan fingerprint density at radius 3 is 2.50 bits per heavy atom. The quantitative estimate of drug-likeness (QED) is 0.447. The topological polar surface area (TPSA) is 105 Å². The number of hydrogen-bond donors (Lipinski definition) is 2. The number of amides is 1. The molecule has 20 heavy (non-hydrogen) atoms. The van der Waals surface area contributed by atoms with Gasteiger partial charge in [0.2, 0.25) is 0 Å². The summed E-state index contributed by atoms with van der Waals surface area (Å²) < 4.78 is 0. The van der Waals surface area contributed by atoms with E-state index < -0.39 is 4.92 Å². The summed E-state index contributed by atoms with van der Waals surface area (Å²) in [6.45, 7) is 1.21. The minimum Gasteiger partial charge on any atom is -0.340 e. The minimum absolute atomic E-state index is 0.145. The van der Waals surface area contributed by atoms with Crippen molar-refractivity contribution in [2.24, 2.45) is 5.84 Å². The van der Waals surface area contributed by atoms with Gasteiger partial charge in [0.15, 0.2) is 0 Å². The second kappa shape index (κ2) is 6.83. The zero-order valence-corrected chi connectivity index (χ0v) is 11.8. The molecule has 1 rings (SSSR count). The lowest BCUT2D eigenvalue weighted by molar-refractivity contribution is -0.384. The highest BCUT2D eigenvalue weighted by Crippen LogP contribution is 2.22. The van der Waals surface area contributed by atoms with Crippen molar-refractivity contribution in [2.45, 2.75) is 0 Å². The molecule has 1 aromatic carbocycles. The number of nitro benzene ring substituents is 1. The van der Waals surface area contributed by atoms with Gasteiger partial charge in [0.25, 0.3) is 11.6 Å². The first-order valence-corrected chi connectivity index (χ1v) is 6.02. The van der Waals surface area contributed by atoms with Gasteiger partial charge in [-0.2, -0.15) is 0 Å². The fraction of sp³-hybridized carbons (Fsp3) is 0.417. The van der Waals surface area contributed by atoms with Crippen LogP contribution in [-0.4, -0.2) is 54.9 Å². The Bertz CT molecular complexity index is 504. The zero-order valence-electron chi connectivity index (χ0n) is 11.8. The summed E-state index contributed by atoms with van der Waals surface area (Å²) in [7, 11) is 5.45. The van der Waals surface area contributed by atoms with Crippen molar-refractivity contribution >= 4 is 17.3 Å². The van der Waals surface area contributed by atoms with Crippen LogP contribution in [0.3, 0.4) is 0 Å². The number of non-ortho nitro benzene ring substituents is 1. The molecule has 0 bridgehead atoms. The van der Waals surface area contributed by atoms with E-state index in [1.165, 1.54) is 23.1 Å². The van der Waals surface area contributed by atoms with E-state index >= 15 is 0 Å². The van der Waals surface area contributed by atoms with Gasteiger partial charge in [-0.15, -0.1) is 0 Å². The molecular formula is C12H19N5O3. The Balaban J connectivity index is 3.00. The van der Waals surface area contributed by atoms with Crippen LogP contribution in [0.2, 0.25) is 0 Å². The molecule has 1 amide bonds. The average Bonchev–Trinajstić information content (AvgIpc) is 2.42. The lowest BCUT2D eigenvalue weighted by atomic mass is 10.1. The molecule has 110 valence electrons. The van der Waals surface area contributed by atoms with Crippen molar-refractivity contribution < 1.29 is 9.72 Å². The third-order valence-corrected chi connectivity index (χ3v) is 2.83. The number of benzene rings is 1. The molecule has 8 heteroatoms. The van der Waals surface area contributed by atoms with Gasteiger partial charge in [0, 0.05) is 32.3 Å². The van der Waals surface area contributed by atoms with E-state index in [0.717, 1.165) is 0 Å². The fourth-order valence-corrected chi connectivity index (χ4v) is 1.61. The maximum absolute atomic E-state index is 12.3. The van der Waals surface area contributed by atoms with E-state index in [2.05, 4.69) is 5.43 Å². The van der Waals surface area contributed by atoms with Crippen molar-refractivity contribution in [1.29, 1.82) is 0 Å². The Hall–Kier alpha value is -2.19. The number of rotatable bonds is 6. The lowest BCUT2D eigenvalue weighted by Gasteiger charge is -2.20. The van der Waals surface area contributed by atoms with Gasteiger partial charge in [-0.1, -0.05) is 0 Å². The maximum atomic E-state index is 12.3. The molecule has 0 spiro atoms. The summed E-state index contributed by atoms with van der Waals surface area (Å²) in [5.41, 5.74) is 2.78. The molecule has 0 radical (unpaired) electrons. The number of carbonyl (C=O) groups is 1. The van der Waals surface area contributed by atoms with Crippen LogP contribution in [0.25, 0.3) is 0 Å². The number of nitrogens with zero attached hydrogens (tertiary/aromatic N) is 3. The molecule has 1 aromatic rings. The van der Waals surface area contributed by atoms with Crippen molar-refractivity contribution in [1.82, 2.24) is 9.80 Å². The Morgan fingerprint density at radius 1 is 1.35 bits per heavy atom. The lowest BCUT2D eigenvalue weighted by Crippen LogP contribution is -2.34. The molecule has 0 aliphatic rings. The first-order chi connectivity index (χ1) is 9.36. The summed E-state index contributed by atoms with van der Waals surface area (Å²) in [6, 6.07) is 3.95. The molecule has 0 saturated carbocycles. The Kier molecular flexibility index (Phi) is 5.42. The van der Waals surface area contributed by atoms with Crippen LogP contribution in [0, 0.1) is 10.1 Å². The first kappa shape index (κ1) is 15.9. The van der Waals surface area contributed by atoms with Crippen LogP contribution in [0.1, 0.15) is 10.4 Å². The zero-order chi connectivity index (χ0) is 15.3. The van der Waals surface area contributed by atoms with Crippen LogP contribution in [0.5, 0.6) is 0 Å². The van der Waals surface area contributed by atoms with E-state index in [1.54, 1.807) is 7.05 Å². The molecule has 0 aromatic heterocycles. The highest BCUT2D eigenvalue weighted by atomic mass is 16.6. The number of anilines is 1. The Labute approximate surface area is 117 Å². The average molecular weight is 281 g/mol. The summed E-state index contributed by atoms with van der Waals surface area (Å²) >= 11 is 0. The van der Waals surface area contributed by atoms with Gasteiger partial charge in [-0.25, -0.2) is 0 Å². The highest BCUT2D eigenvalue weighted by molar-refractivity contribution is 6.00. The third kappa shape index (κ3) is 3.90. The Morgan fingerprint density at radius 2 is 2.00 bits per heavy atom. The minimum atomic E-state index is -0.545. The number of nitrogens with one attached hydrogen (secondary N) is 1. The number of nitrogen functional groups attached to an aromatic ring is 1. The number of hydrogen-bond acceptors (Lipinski definition) is 6. The number of nitrogens with two attached hydrogens (primary N) is 1. The van der Waals surface area contributed by atoms with Crippen molar-refractivity contribution in [3.8, 4) is 0 Å². The van der Waals surface area contributed by atoms with E-state index in [-0.39, 0.29) is 17.2 Å². The van der Waals surface area contributed by atoms with E-state index in [9.17, 15) is 14.9 Å². The largest absolute Gasteiger partial charge is 0.340 e. The molecule has 3 N–H and O–H groups in total. The number of nitro groups is 1. The maximum Gasteiger partial charge on any atom is 0.270 e. The van der Waals surface area contributed by atoms with Gasteiger partial charge in [-0.05, 0) is 20.2 Å². The molecule has 0 aliphatic heterocycles. The van der Waals surface area contributed by atoms with Crippen LogP contribution < -0.4 is 11.3 Å². The van der Waals surface area contributed by atoms with E-state index in [4.69, 9.17) is 5.84 Å². The molecule has 0 heterocycles. The highest BCUT2D eigenvalue weighted by Gasteiger charge is 2.19. The predicted molar refractivity (Wildman–Crippen MR) is 76.4 cm³/mol. The molecule has 8 nitrogen and oxygen atoms in total. The van der Waals surface area contributed by atoms with Crippen LogP contribution in [0.4, 0.5) is 11.4 Å². The SMILES string of the molecule is CN(C)CCN(C)C(=O)c1cc([N+](=O)[O-])ccc1NN. The molecular weight excluding hydrogens is 262 g/mol. The smallest absolute Gasteiger partial charge is 0.270 e. The van der Waals surface area contributed by atoms with E-state index in [0.29, 0.717) is 18.8 Å². The van der Waals surface area contributed by atoms with Crippen LogP contribution in [-0.2, 0) is 0 Å². The van der Waals surface area contributed by atoms with Crippen LogP contribution in [0.15, 0.2) is 18.2 Å². The summed E-state index contributed by atoms with van der Waals surface area (Å²) in [6.07, 6.45) is 0.